The minimum atomic E-state index is -4.68. The van der Waals surface area contributed by atoms with Crippen LogP contribution in [0, 0.1) is 0 Å². The largest absolute Gasteiger partial charge is 0.573 e. The fourth-order valence-corrected chi connectivity index (χ4v) is 3.69. The number of anilines is 1. The van der Waals surface area contributed by atoms with Crippen LogP contribution in [0.4, 0.5) is 18.9 Å². The van der Waals surface area contributed by atoms with Gasteiger partial charge in [-0.3, -0.25) is 9.88 Å². The standard InChI is InChI=1S/C19H20F3N3O2/c20-19(21,22)27-17-3-1-16(2-4-17)24-12-18(6-7-18)25(13-24)10-14-5-8-23-9-15(14)11-26/h1-5,8-9,26H,6-7,10-13H2. The van der Waals surface area contributed by atoms with Crippen LogP contribution in [0.25, 0.3) is 0 Å². The van der Waals surface area contributed by atoms with E-state index in [2.05, 4.69) is 19.5 Å². The number of benzene rings is 1. The Labute approximate surface area is 155 Å². The Morgan fingerprint density at radius 2 is 1.85 bits per heavy atom. The third-order valence-electron chi connectivity index (χ3n) is 5.30. The molecule has 1 aliphatic heterocycles. The summed E-state index contributed by atoms with van der Waals surface area (Å²) >= 11 is 0. The molecule has 1 aliphatic carbocycles. The molecule has 8 heteroatoms. The average Bonchev–Trinajstić information content (AvgIpc) is 3.32. The van der Waals surface area contributed by atoms with Gasteiger partial charge >= 0.3 is 6.36 Å². The number of hydrogen-bond donors (Lipinski definition) is 1. The number of pyridine rings is 1. The Hall–Kier alpha value is -2.32. The number of ether oxygens (including phenoxy) is 1. The molecule has 0 bridgehead atoms. The van der Waals surface area contributed by atoms with Crippen molar-refractivity contribution in [1.29, 1.82) is 0 Å². The van der Waals surface area contributed by atoms with Crippen molar-refractivity contribution in [2.75, 3.05) is 18.1 Å². The Bertz CT molecular complexity index is 807. The van der Waals surface area contributed by atoms with E-state index < -0.39 is 6.36 Å². The molecule has 2 fully saturated rings. The number of alkyl halides is 3. The normalized spacial score (nSPS) is 18.9. The lowest BCUT2D eigenvalue weighted by Gasteiger charge is -2.23. The van der Waals surface area contributed by atoms with E-state index in [1.165, 1.54) is 12.1 Å². The maximum Gasteiger partial charge on any atom is 0.573 e. The maximum atomic E-state index is 12.3. The zero-order valence-electron chi connectivity index (χ0n) is 14.6. The summed E-state index contributed by atoms with van der Waals surface area (Å²) in [5, 5.41) is 9.51. The summed E-state index contributed by atoms with van der Waals surface area (Å²) in [7, 11) is 0. The van der Waals surface area contributed by atoms with Crippen LogP contribution in [0.15, 0.2) is 42.7 Å². The summed E-state index contributed by atoms with van der Waals surface area (Å²) < 4.78 is 40.9. The highest BCUT2D eigenvalue weighted by molar-refractivity contribution is 5.51. The van der Waals surface area contributed by atoms with Gasteiger partial charge in [0.1, 0.15) is 5.75 Å². The van der Waals surface area contributed by atoms with Crippen molar-refractivity contribution in [3.63, 3.8) is 0 Å². The van der Waals surface area contributed by atoms with E-state index in [-0.39, 0.29) is 17.9 Å². The van der Waals surface area contributed by atoms with Crippen LogP contribution < -0.4 is 9.64 Å². The maximum absolute atomic E-state index is 12.3. The lowest BCUT2D eigenvalue weighted by molar-refractivity contribution is -0.274. The fourth-order valence-electron chi connectivity index (χ4n) is 3.69. The van der Waals surface area contributed by atoms with Crippen molar-refractivity contribution >= 4 is 5.69 Å². The molecule has 144 valence electrons. The van der Waals surface area contributed by atoms with Gasteiger partial charge in [0.05, 0.1) is 13.3 Å². The lowest BCUT2D eigenvalue weighted by atomic mass is 10.1. The topological polar surface area (TPSA) is 48.8 Å². The highest BCUT2D eigenvalue weighted by atomic mass is 19.4. The van der Waals surface area contributed by atoms with Crippen molar-refractivity contribution in [3.05, 3.63) is 53.9 Å². The molecule has 4 rings (SSSR count). The molecule has 0 amide bonds. The smallest absolute Gasteiger partial charge is 0.406 e. The molecular formula is C19H20F3N3O2. The van der Waals surface area contributed by atoms with Crippen LogP contribution in [0.3, 0.4) is 0 Å². The molecule has 1 N–H and O–H groups in total. The molecule has 0 atom stereocenters. The third-order valence-corrected chi connectivity index (χ3v) is 5.30. The van der Waals surface area contributed by atoms with Gasteiger partial charge in [-0.05, 0) is 48.7 Å². The number of rotatable bonds is 5. The Kier molecular flexibility index (Phi) is 4.47. The Morgan fingerprint density at radius 3 is 2.48 bits per heavy atom. The molecule has 1 aromatic heterocycles. The number of aliphatic hydroxyl groups is 1. The third kappa shape index (κ3) is 3.86. The molecule has 1 spiro atoms. The first-order valence-electron chi connectivity index (χ1n) is 8.77. The number of aliphatic hydroxyl groups excluding tert-OH is 1. The van der Waals surface area contributed by atoms with Gasteiger partial charge in [-0.2, -0.15) is 0 Å². The van der Waals surface area contributed by atoms with Gasteiger partial charge in [0.15, 0.2) is 0 Å². The van der Waals surface area contributed by atoms with Crippen LogP contribution in [-0.2, 0) is 13.2 Å². The molecule has 0 radical (unpaired) electrons. The van der Waals surface area contributed by atoms with E-state index in [0.29, 0.717) is 13.2 Å². The molecule has 1 saturated carbocycles. The fraction of sp³-hybridized carbons (Fsp3) is 0.421. The minimum absolute atomic E-state index is 0.0472. The van der Waals surface area contributed by atoms with E-state index in [1.54, 1.807) is 24.5 Å². The lowest BCUT2D eigenvalue weighted by Crippen LogP contribution is -2.32. The monoisotopic (exact) mass is 379 g/mol. The summed E-state index contributed by atoms with van der Waals surface area (Å²) in [6, 6.07) is 7.93. The van der Waals surface area contributed by atoms with E-state index in [0.717, 1.165) is 36.2 Å². The number of aromatic nitrogens is 1. The average molecular weight is 379 g/mol. The number of halogens is 3. The summed E-state index contributed by atoms with van der Waals surface area (Å²) in [5.41, 5.74) is 2.85. The molecular weight excluding hydrogens is 359 g/mol. The first-order valence-corrected chi connectivity index (χ1v) is 8.77. The van der Waals surface area contributed by atoms with Gasteiger partial charge in [-0.25, -0.2) is 0 Å². The molecule has 27 heavy (non-hydrogen) atoms. The van der Waals surface area contributed by atoms with Crippen molar-refractivity contribution < 1.29 is 23.0 Å². The van der Waals surface area contributed by atoms with Gasteiger partial charge in [0, 0.05) is 42.3 Å². The molecule has 2 heterocycles. The SMILES string of the molecule is OCc1cnccc1CN1CN(c2ccc(OC(F)(F)F)cc2)CC12CC2. The second-order valence-electron chi connectivity index (χ2n) is 7.11. The first-order chi connectivity index (χ1) is 12.9. The van der Waals surface area contributed by atoms with Gasteiger partial charge in [0.2, 0.25) is 0 Å². The van der Waals surface area contributed by atoms with Gasteiger partial charge in [-0.1, -0.05) is 0 Å². The van der Waals surface area contributed by atoms with Crippen molar-refractivity contribution in [2.24, 2.45) is 0 Å². The second kappa shape index (κ2) is 6.69. The summed E-state index contributed by atoms with van der Waals surface area (Å²) in [6.07, 6.45) is 0.916. The molecule has 2 aromatic rings. The van der Waals surface area contributed by atoms with Gasteiger partial charge < -0.3 is 14.7 Å². The minimum Gasteiger partial charge on any atom is -0.406 e. The predicted molar refractivity (Wildman–Crippen MR) is 93.0 cm³/mol. The van der Waals surface area contributed by atoms with Crippen LogP contribution in [0.1, 0.15) is 24.0 Å². The summed E-state index contributed by atoms with van der Waals surface area (Å²) in [4.78, 5) is 8.61. The number of nitrogens with zero attached hydrogens (tertiary/aromatic N) is 3. The van der Waals surface area contributed by atoms with E-state index >= 15 is 0 Å². The molecule has 2 aliphatic rings. The second-order valence-corrected chi connectivity index (χ2v) is 7.11. The van der Waals surface area contributed by atoms with Crippen LogP contribution >= 0.6 is 0 Å². The first kappa shape index (κ1) is 18.1. The summed E-state index contributed by atoms with van der Waals surface area (Å²) in [6.45, 7) is 2.19. The summed E-state index contributed by atoms with van der Waals surface area (Å²) in [5.74, 6) is -0.215. The predicted octanol–water partition coefficient (Wildman–Crippen LogP) is 3.28. The number of hydrogen-bond acceptors (Lipinski definition) is 5. The van der Waals surface area contributed by atoms with Crippen LogP contribution in [-0.4, -0.2) is 40.1 Å². The van der Waals surface area contributed by atoms with Crippen LogP contribution in [0.2, 0.25) is 0 Å². The zero-order chi connectivity index (χ0) is 19.1. The highest BCUT2D eigenvalue weighted by Gasteiger charge is 2.53. The van der Waals surface area contributed by atoms with E-state index in [9.17, 15) is 18.3 Å². The quantitative estimate of drug-likeness (QED) is 0.864. The van der Waals surface area contributed by atoms with Gasteiger partial charge in [0.25, 0.3) is 0 Å². The van der Waals surface area contributed by atoms with Crippen molar-refractivity contribution in [1.82, 2.24) is 9.88 Å². The van der Waals surface area contributed by atoms with Crippen molar-refractivity contribution in [2.45, 2.75) is 37.9 Å². The van der Waals surface area contributed by atoms with Gasteiger partial charge in [-0.15, -0.1) is 13.2 Å². The Morgan fingerprint density at radius 1 is 1.11 bits per heavy atom. The zero-order valence-corrected chi connectivity index (χ0v) is 14.6. The molecule has 5 nitrogen and oxygen atoms in total. The van der Waals surface area contributed by atoms with E-state index in [4.69, 9.17) is 0 Å². The van der Waals surface area contributed by atoms with Crippen molar-refractivity contribution in [3.8, 4) is 5.75 Å². The molecule has 1 saturated heterocycles. The van der Waals surface area contributed by atoms with E-state index in [1.807, 2.05) is 6.07 Å². The van der Waals surface area contributed by atoms with Crippen LogP contribution in [0.5, 0.6) is 5.75 Å². The molecule has 1 aromatic carbocycles. The molecule has 0 unspecified atom stereocenters. The highest BCUT2D eigenvalue weighted by Crippen LogP contribution is 2.48. The Balaban J connectivity index is 1.47.